The van der Waals surface area contributed by atoms with Gasteiger partial charge in [0.25, 0.3) is 6.01 Å². The number of ketones is 1. The van der Waals surface area contributed by atoms with Crippen LogP contribution in [-0.2, 0) is 12.6 Å². The Hall–Kier alpha value is -4.94. The van der Waals surface area contributed by atoms with Crippen molar-refractivity contribution in [1.29, 1.82) is 0 Å². The highest BCUT2D eigenvalue weighted by atomic mass is 19.4. The first-order chi connectivity index (χ1) is 21.6. The number of halogens is 4. The maximum absolute atomic E-state index is 13.9. The number of Topliss-reactive ketones (excluding diaryl/α,β-unsaturated/α-hetero) is 1. The maximum Gasteiger partial charge on any atom is 0.437 e. The lowest BCUT2D eigenvalue weighted by atomic mass is 9.90. The molecule has 45 heavy (non-hydrogen) atoms. The van der Waals surface area contributed by atoms with Gasteiger partial charge in [0.1, 0.15) is 11.6 Å². The number of nitrogens with zero attached hydrogens (tertiary/aromatic N) is 4. The van der Waals surface area contributed by atoms with E-state index in [2.05, 4.69) is 20.6 Å². The Morgan fingerprint density at radius 3 is 2.31 bits per heavy atom. The van der Waals surface area contributed by atoms with Crippen molar-refractivity contribution in [2.24, 2.45) is 0 Å². The number of benzene rings is 2. The second kappa shape index (κ2) is 12.6. The average molecular weight is 623 g/mol. The third-order valence-electron chi connectivity index (χ3n) is 8.01. The van der Waals surface area contributed by atoms with Gasteiger partial charge in [0.05, 0.1) is 11.7 Å². The molecule has 0 bridgehead atoms. The predicted molar refractivity (Wildman–Crippen MR) is 159 cm³/mol. The third-order valence-corrected chi connectivity index (χ3v) is 8.01. The van der Waals surface area contributed by atoms with Crippen molar-refractivity contribution in [3.05, 3.63) is 101 Å². The van der Waals surface area contributed by atoms with Gasteiger partial charge in [-0.1, -0.05) is 48.5 Å². The van der Waals surface area contributed by atoms with E-state index in [1.165, 1.54) is 30.0 Å². The molecule has 0 spiro atoms. The molecule has 2 fully saturated rings. The quantitative estimate of drug-likeness (QED) is 0.182. The number of alkyl halides is 3. The van der Waals surface area contributed by atoms with E-state index >= 15 is 0 Å². The van der Waals surface area contributed by atoms with E-state index in [1.807, 2.05) is 35.2 Å². The first-order valence-electron chi connectivity index (χ1n) is 14.6. The lowest BCUT2D eigenvalue weighted by Gasteiger charge is -2.40. The molecule has 13 heteroatoms. The largest absolute Gasteiger partial charge is 0.437 e. The number of amides is 2. The van der Waals surface area contributed by atoms with E-state index in [1.54, 1.807) is 23.1 Å². The number of pyridine rings is 1. The first-order valence-corrected chi connectivity index (χ1v) is 14.6. The van der Waals surface area contributed by atoms with E-state index in [-0.39, 0.29) is 24.2 Å². The highest BCUT2D eigenvalue weighted by Gasteiger charge is 2.42. The van der Waals surface area contributed by atoms with Crippen molar-refractivity contribution in [2.45, 2.75) is 37.4 Å². The summed E-state index contributed by atoms with van der Waals surface area (Å²) in [5.41, 5.74) is 0.351. The Bertz CT molecular complexity index is 1650. The molecule has 6 rings (SSSR count). The molecule has 2 aliphatic heterocycles. The maximum atomic E-state index is 13.9. The third kappa shape index (κ3) is 6.92. The molecule has 2 N–H and O–H groups in total. The molecule has 9 nitrogen and oxygen atoms in total. The summed E-state index contributed by atoms with van der Waals surface area (Å²) in [5.74, 6) is -1.32. The van der Waals surface area contributed by atoms with Crippen molar-refractivity contribution < 1.29 is 31.6 Å². The molecule has 4 aromatic rings. The van der Waals surface area contributed by atoms with Gasteiger partial charge in [-0.3, -0.25) is 4.79 Å². The van der Waals surface area contributed by atoms with Gasteiger partial charge in [0.2, 0.25) is 11.5 Å². The van der Waals surface area contributed by atoms with E-state index in [4.69, 9.17) is 4.42 Å². The van der Waals surface area contributed by atoms with Gasteiger partial charge >= 0.3 is 12.2 Å². The molecule has 0 saturated carbocycles. The smallest absolute Gasteiger partial charge is 0.420 e. The standard InChI is InChI=1S/C32H30F4N6O3/c33-24-8-4-5-9-25(24)39-30(44)38-23-18-42(19-23)27-11-10-20(17-37-27)16-26(43)28-29(32(34,35)36)40-31(45-28)41-14-12-22(13-15-41)21-6-2-1-3-7-21/h1-11,17,22-23H,12-16,18-19H2,(H2,38,39,44). The van der Waals surface area contributed by atoms with E-state index in [0.717, 1.165) is 12.8 Å². The highest BCUT2D eigenvalue weighted by Crippen LogP contribution is 2.37. The number of aromatic nitrogens is 2. The number of piperidine rings is 1. The second-order valence-electron chi connectivity index (χ2n) is 11.1. The van der Waals surface area contributed by atoms with Crippen LogP contribution in [0.1, 0.15) is 46.1 Å². The number of carbonyl (C=O) groups is 2. The number of oxazole rings is 1. The summed E-state index contributed by atoms with van der Waals surface area (Å²) in [6, 6.07) is 18.2. The van der Waals surface area contributed by atoms with Gasteiger partial charge in [-0.25, -0.2) is 14.2 Å². The molecule has 234 valence electrons. The molecule has 2 aliphatic rings. The van der Waals surface area contributed by atoms with Crippen LogP contribution in [0.4, 0.5) is 39.9 Å². The van der Waals surface area contributed by atoms with Gasteiger partial charge < -0.3 is 24.9 Å². The lowest BCUT2D eigenvalue weighted by Crippen LogP contribution is -2.60. The second-order valence-corrected chi connectivity index (χ2v) is 11.1. The van der Waals surface area contributed by atoms with Crippen LogP contribution in [0, 0.1) is 5.82 Å². The zero-order valence-electron chi connectivity index (χ0n) is 24.1. The Labute approximate surface area is 256 Å². The fraction of sp³-hybridized carbons (Fsp3) is 0.312. The fourth-order valence-corrected chi connectivity index (χ4v) is 5.59. The minimum Gasteiger partial charge on any atom is -0.420 e. The number of anilines is 3. The highest BCUT2D eigenvalue weighted by molar-refractivity contribution is 5.96. The SMILES string of the molecule is O=C(Nc1ccccc1F)NC1CN(c2ccc(CC(=O)c3oc(N4CCC(c5ccccc5)CC4)nc3C(F)(F)F)cn2)C1. The average Bonchev–Trinajstić information content (AvgIpc) is 3.48. The molecule has 2 aromatic heterocycles. The Morgan fingerprint density at radius 2 is 1.64 bits per heavy atom. The number of urea groups is 1. The zero-order chi connectivity index (χ0) is 31.6. The molecule has 2 amide bonds. The van der Waals surface area contributed by atoms with Crippen LogP contribution in [-0.4, -0.2) is 54.0 Å². The van der Waals surface area contributed by atoms with Crippen LogP contribution in [0.25, 0.3) is 0 Å². The summed E-state index contributed by atoms with van der Waals surface area (Å²) < 4.78 is 60.9. The normalized spacial score (nSPS) is 15.9. The number of para-hydroxylation sites is 1. The summed E-state index contributed by atoms with van der Waals surface area (Å²) in [5, 5.41) is 5.23. The number of hydrogen-bond acceptors (Lipinski definition) is 7. The van der Waals surface area contributed by atoms with E-state index < -0.39 is 35.3 Å². The summed E-state index contributed by atoms with van der Waals surface area (Å²) in [6.07, 6.45) is -2.32. The fourth-order valence-electron chi connectivity index (χ4n) is 5.59. The van der Waals surface area contributed by atoms with E-state index in [9.17, 15) is 27.2 Å². The van der Waals surface area contributed by atoms with Crippen molar-refractivity contribution in [2.75, 3.05) is 41.3 Å². The predicted octanol–water partition coefficient (Wildman–Crippen LogP) is 6.05. The van der Waals surface area contributed by atoms with Crippen LogP contribution < -0.4 is 20.4 Å². The van der Waals surface area contributed by atoms with Gasteiger partial charge in [0, 0.05) is 38.8 Å². The van der Waals surface area contributed by atoms with Crippen molar-refractivity contribution >= 4 is 29.3 Å². The summed E-state index contributed by atoms with van der Waals surface area (Å²) in [4.78, 5) is 36.8. The topological polar surface area (TPSA) is 104 Å². The van der Waals surface area contributed by atoms with Crippen LogP contribution in [0.3, 0.4) is 0 Å². The minimum atomic E-state index is -4.86. The number of nitrogens with one attached hydrogen (secondary N) is 2. The van der Waals surface area contributed by atoms with Crippen molar-refractivity contribution in [3.8, 4) is 0 Å². The van der Waals surface area contributed by atoms with Crippen molar-refractivity contribution in [3.63, 3.8) is 0 Å². The molecule has 0 radical (unpaired) electrons. The Morgan fingerprint density at radius 1 is 0.933 bits per heavy atom. The summed E-state index contributed by atoms with van der Waals surface area (Å²) in [7, 11) is 0. The number of hydrogen-bond donors (Lipinski definition) is 2. The van der Waals surface area contributed by atoms with Crippen LogP contribution in [0.15, 0.2) is 77.3 Å². The summed E-state index contributed by atoms with van der Waals surface area (Å²) in [6.45, 7) is 1.82. The first kappa shape index (κ1) is 30.1. The molecular formula is C32H30F4N6O3. The van der Waals surface area contributed by atoms with Crippen LogP contribution in [0.5, 0.6) is 0 Å². The summed E-state index contributed by atoms with van der Waals surface area (Å²) >= 11 is 0. The molecule has 2 aromatic carbocycles. The van der Waals surface area contributed by atoms with Crippen LogP contribution in [0.2, 0.25) is 0 Å². The lowest BCUT2D eigenvalue weighted by molar-refractivity contribution is -0.141. The molecule has 4 heterocycles. The van der Waals surface area contributed by atoms with Gasteiger partial charge in [-0.2, -0.15) is 18.2 Å². The van der Waals surface area contributed by atoms with Gasteiger partial charge in [-0.15, -0.1) is 0 Å². The minimum absolute atomic E-state index is 0.0744. The van der Waals surface area contributed by atoms with E-state index in [0.29, 0.717) is 43.5 Å². The monoisotopic (exact) mass is 622 g/mol. The van der Waals surface area contributed by atoms with Gasteiger partial charge in [0.15, 0.2) is 5.69 Å². The Balaban J connectivity index is 1.04. The molecule has 2 saturated heterocycles. The Kier molecular flexibility index (Phi) is 8.42. The molecular weight excluding hydrogens is 592 g/mol. The van der Waals surface area contributed by atoms with Crippen molar-refractivity contribution in [1.82, 2.24) is 15.3 Å². The number of rotatable bonds is 8. The molecule has 0 unspecified atom stereocenters. The molecule has 0 aliphatic carbocycles. The molecule has 0 atom stereocenters. The zero-order valence-corrected chi connectivity index (χ0v) is 24.1. The van der Waals surface area contributed by atoms with Crippen LogP contribution >= 0.6 is 0 Å². The van der Waals surface area contributed by atoms with Gasteiger partial charge in [-0.05, 0) is 48.1 Å². The number of carbonyl (C=O) groups excluding carboxylic acids is 2.